The van der Waals surface area contributed by atoms with E-state index in [1.807, 2.05) is 6.92 Å². The molecular formula is C18H34N4O8. The summed E-state index contributed by atoms with van der Waals surface area (Å²) < 4.78 is 22.3. The molecule has 30 heavy (non-hydrogen) atoms. The Morgan fingerprint density at radius 3 is 2.57 bits per heavy atom. The second-order valence-electron chi connectivity index (χ2n) is 6.74. The maximum atomic E-state index is 12.3. The van der Waals surface area contributed by atoms with Crippen molar-refractivity contribution in [3.05, 3.63) is 0 Å². The first kappa shape index (κ1) is 26.0. The normalized spacial score (nSPS) is 26.2. The van der Waals surface area contributed by atoms with E-state index < -0.39 is 49.1 Å². The zero-order valence-corrected chi connectivity index (χ0v) is 17.5. The van der Waals surface area contributed by atoms with Gasteiger partial charge in [-0.1, -0.05) is 13.3 Å². The fraction of sp³-hybridized carbons (Fsp3) is 0.833. The monoisotopic (exact) mass is 434 g/mol. The summed E-state index contributed by atoms with van der Waals surface area (Å²) in [6, 6.07) is -0.946. The number of rotatable bonds is 14. The van der Waals surface area contributed by atoms with Gasteiger partial charge < -0.3 is 45.9 Å². The number of amides is 1. The number of aliphatic imine (C=N–C) groups is 1. The van der Waals surface area contributed by atoms with E-state index >= 15 is 0 Å². The summed E-state index contributed by atoms with van der Waals surface area (Å²) in [6.07, 6.45) is -2.34. The van der Waals surface area contributed by atoms with Gasteiger partial charge in [0.25, 0.3) is 0 Å². The van der Waals surface area contributed by atoms with Crippen LogP contribution in [-0.4, -0.2) is 91.7 Å². The molecule has 0 radical (unpaired) electrons. The van der Waals surface area contributed by atoms with Crippen molar-refractivity contribution < 1.29 is 38.7 Å². The van der Waals surface area contributed by atoms with Gasteiger partial charge in [0.1, 0.15) is 31.0 Å². The summed E-state index contributed by atoms with van der Waals surface area (Å²) in [5.41, 5.74) is 10.5. The lowest BCUT2D eigenvalue weighted by atomic mass is 9.96. The molecule has 174 valence electrons. The van der Waals surface area contributed by atoms with Gasteiger partial charge in [-0.2, -0.15) is 0 Å². The fourth-order valence-electron chi connectivity index (χ4n) is 2.87. The van der Waals surface area contributed by atoms with E-state index in [9.17, 15) is 14.7 Å². The van der Waals surface area contributed by atoms with Gasteiger partial charge in [-0.25, -0.2) is 4.79 Å². The number of unbranched alkanes of at least 4 members (excludes halogenated alkanes) is 1. The van der Waals surface area contributed by atoms with Crippen LogP contribution in [0, 0.1) is 0 Å². The number of aliphatic hydroxyl groups excluding tert-OH is 1. The molecular weight excluding hydrogens is 400 g/mol. The third-order valence-corrected chi connectivity index (χ3v) is 4.29. The van der Waals surface area contributed by atoms with Gasteiger partial charge in [-0.3, -0.25) is 9.79 Å². The number of nitrogens with one attached hydrogen (secondary N) is 1. The molecule has 5 atom stereocenters. The number of ether oxygens (including phenoxy) is 4. The average molecular weight is 434 g/mol. The van der Waals surface area contributed by atoms with Crippen LogP contribution in [0.5, 0.6) is 0 Å². The Hall–Kier alpha value is -1.99. The minimum absolute atomic E-state index is 0.0292. The van der Waals surface area contributed by atoms with E-state index in [4.69, 9.17) is 35.5 Å². The van der Waals surface area contributed by atoms with E-state index in [2.05, 4.69) is 10.3 Å². The first-order chi connectivity index (χ1) is 14.3. The summed E-state index contributed by atoms with van der Waals surface area (Å²) in [7, 11) is 0. The lowest BCUT2D eigenvalue weighted by Gasteiger charge is -2.44. The highest BCUT2D eigenvalue weighted by Gasteiger charge is 2.47. The Labute approximate surface area is 175 Å². The molecule has 1 rings (SSSR count). The molecule has 1 aliphatic rings. The van der Waals surface area contributed by atoms with Gasteiger partial charge in [-0.05, 0) is 13.3 Å². The molecule has 3 unspecified atom stereocenters. The van der Waals surface area contributed by atoms with Crippen LogP contribution in [-0.2, 0) is 28.5 Å². The molecule has 1 amide bonds. The molecule has 1 heterocycles. The Balaban J connectivity index is 2.91. The molecule has 1 fully saturated rings. The maximum Gasteiger partial charge on any atom is 0.329 e. The van der Waals surface area contributed by atoms with Crippen molar-refractivity contribution in [1.29, 1.82) is 0 Å². The fourth-order valence-corrected chi connectivity index (χ4v) is 2.87. The van der Waals surface area contributed by atoms with Crippen LogP contribution in [0.15, 0.2) is 4.99 Å². The molecule has 12 heteroatoms. The number of carboxylic acids is 1. The molecule has 0 aromatic carbocycles. The van der Waals surface area contributed by atoms with Gasteiger partial charge in [0, 0.05) is 19.6 Å². The SMILES string of the molecule is CCCCOCC1O[C@@H](OCC)C(NC(=O)CCN=C(N)N)C(OCC(=O)O)[C@@H]1O. The lowest BCUT2D eigenvalue weighted by Crippen LogP contribution is -2.65. The number of hydrogen-bond acceptors (Lipinski definition) is 8. The van der Waals surface area contributed by atoms with Crippen LogP contribution in [0.2, 0.25) is 0 Å². The first-order valence-corrected chi connectivity index (χ1v) is 10.0. The Kier molecular flexibility index (Phi) is 12.2. The van der Waals surface area contributed by atoms with E-state index in [-0.39, 0.29) is 32.1 Å². The third-order valence-electron chi connectivity index (χ3n) is 4.29. The smallest absolute Gasteiger partial charge is 0.329 e. The van der Waals surface area contributed by atoms with Crippen molar-refractivity contribution in [3.8, 4) is 0 Å². The highest BCUT2D eigenvalue weighted by molar-refractivity contribution is 5.78. The second kappa shape index (κ2) is 14.1. The van der Waals surface area contributed by atoms with Crippen molar-refractivity contribution in [3.63, 3.8) is 0 Å². The topological polar surface area (TPSA) is 188 Å². The standard InChI is InChI=1S/C18H34N4O8/c1-3-5-8-27-9-11-15(26)16(29-10-13(24)25)14(17(30-11)28-4-2)22-12(23)6-7-21-18(19)20/h11,14-17,26H,3-10H2,1-2H3,(H,22,23)(H,24,25)(H4,19,20,21)/t11?,14?,15-,16?,17-/m1/s1. The van der Waals surface area contributed by atoms with Crippen LogP contribution < -0.4 is 16.8 Å². The number of carboxylic acid groups (broad SMARTS) is 1. The van der Waals surface area contributed by atoms with Crippen molar-refractivity contribution >= 4 is 17.8 Å². The molecule has 0 aromatic rings. The minimum Gasteiger partial charge on any atom is -0.480 e. The Morgan fingerprint density at radius 2 is 1.97 bits per heavy atom. The van der Waals surface area contributed by atoms with Crippen LogP contribution in [0.3, 0.4) is 0 Å². The lowest BCUT2D eigenvalue weighted by molar-refractivity contribution is -0.278. The number of carbonyl (C=O) groups excluding carboxylic acids is 1. The highest BCUT2D eigenvalue weighted by atomic mass is 16.7. The van der Waals surface area contributed by atoms with Crippen molar-refractivity contribution in [1.82, 2.24) is 5.32 Å². The number of aliphatic carboxylic acids is 1. The third kappa shape index (κ3) is 9.22. The van der Waals surface area contributed by atoms with Crippen molar-refractivity contribution in [2.45, 2.75) is 63.8 Å². The number of aliphatic hydroxyl groups is 1. The number of nitrogens with zero attached hydrogens (tertiary/aromatic N) is 1. The molecule has 0 saturated carbocycles. The molecule has 0 bridgehead atoms. The predicted octanol–water partition coefficient (Wildman–Crippen LogP) is -1.46. The number of hydrogen-bond donors (Lipinski definition) is 5. The van der Waals surface area contributed by atoms with Crippen molar-refractivity contribution in [2.75, 3.05) is 33.0 Å². The van der Waals surface area contributed by atoms with Crippen molar-refractivity contribution in [2.24, 2.45) is 16.5 Å². The summed E-state index contributed by atoms with van der Waals surface area (Å²) in [6.45, 7) is 4.00. The number of carbonyl (C=O) groups is 2. The van der Waals surface area contributed by atoms with E-state index in [0.717, 1.165) is 12.8 Å². The summed E-state index contributed by atoms with van der Waals surface area (Å²) in [5, 5.41) is 22.4. The molecule has 12 nitrogen and oxygen atoms in total. The second-order valence-corrected chi connectivity index (χ2v) is 6.74. The molecule has 1 saturated heterocycles. The van der Waals surface area contributed by atoms with Crippen LogP contribution in [0.4, 0.5) is 0 Å². The Bertz CT molecular complexity index is 558. The summed E-state index contributed by atoms with van der Waals surface area (Å²) in [4.78, 5) is 27.0. The van der Waals surface area contributed by atoms with E-state index in [1.54, 1.807) is 6.92 Å². The number of guanidine groups is 1. The molecule has 1 aliphatic heterocycles. The maximum absolute atomic E-state index is 12.3. The van der Waals surface area contributed by atoms with Crippen LogP contribution in [0.1, 0.15) is 33.1 Å². The zero-order chi connectivity index (χ0) is 22.5. The van der Waals surface area contributed by atoms with E-state index in [0.29, 0.717) is 6.61 Å². The van der Waals surface area contributed by atoms with Crippen LogP contribution >= 0.6 is 0 Å². The molecule has 0 aromatic heterocycles. The van der Waals surface area contributed by atoms with Gasteiger partial charge in [0.05, 0.1) is 13.2 Å². The quantitative estimate of drug-likeness (QED) is 0.123. The molecule has 0 aliphatic carbocycles. The minimum atomic E-state index is -1.24. The van der Waals surface area contributed by atoms with Gasteiger partial charge in [0.15, 0.2) is 12.2 Å². The average Bonchev–Trinajstić information content (AvgIpc) is 2.67. The zero-order valence-electron chi connectivity index (χ0n) is 17.5. The van der Waals surface area contributed by atoms with Gasteiger partial charge in [-0.15, -0.1) is 0 Å². The predicted molar refractivity (Wildman–Crippen MR) is 107 cm³/mol. The number of nitrogens with two attached hydrogens (primary N) is 2. The Morgan fingerprint density at radius 1 is 1.23 bits per heavy atom. The van der Waals surface area contributed by atoms with E-state index in [1.165, 1.54) is 0 Å². The largest absolute Gasteiger partial charge is 0.480 e. The van der Waals surface area contributed by atoms with Gasteiger partial charge in [0.2, 0.25) is 5.91 Å². The molecule has 0 spiro atoms. The van der Waals surface area contributed by atoms with Crippen LogP contribution in [0.25, 0.3) is 0 Å². The summed E-state index contributed by atoms with van der Waals surface area (Å²) in [5.74, 6) is -1.79. The highest BCUT2D eigenvalue weighted by Crippen LogP contribution is 2.25. The summed E-state index contributed by atoms with van der Waals surface area (Å²) >= 11 is 0. The van der Waals surface area contributed by atoms with Gasteiger partial charge >= 0.3 is 5.97 Å². The molecule has 7 N–H and O–H groups in total. The first-order valence-electron chi connectivity index (χ1n) is 10.0.